The maximum Gasteiger partial charge on any atom is 0.252 e. The summed E-state index contributed by atoms with van der Waals surface area (Å²) in [6.07, 6.45) is 1.01. The molecule has 1 atom stereocenters. The van der Waals surface area contributed by atoms with Crippen molar-refractivity contribution in [3.8, 4) is 0 Å². The lowest BCUT2D eigenvalue weighted by molar-refractivity contribution is 0.0939. The zero-order valence-corrected chi connectivity index (χ0v) is 9.88. The first kappa shape index (κ1) is 10.6. The van der Waals surface area contributed by atoms with E-state index in [1.54, 1.807) is 0 Å². The molecule has 1 aromatic carbocycles. The number of carbonyl (C=O) groups is 1. The van der Waals surface area contributed by atoms with Crippen molar-refractivity contribution in [3.63, 3.8) is 0 Å². The van der Waals surface area contributed by atoms with Crippen LogP contribution in [0.1, 0.15) is 16.8 Å². The maximum atomic E-state index is 11.9. The summed E-state index contributed by atoms with van der Waals surface area (Å²) in [6, 6.07) is 7.73. The minimum atomic E-state index is -0.00354. The van der Waals surface area contributed by atoms with Crippen LogP contribution in [0.5, 0.6) is 0 Å². The summed E-state index contributed by atoms with van der Waals surface area (Å²) in [7, 11) is 0. The standard InChI is InChI=1S/C11H13BrN2O/c12-10-4-2-1-3-9(10)11(15)14-8-5-6-13-7-8/h1-4,8,13H,5-7H2,(H,14,15)/t8-/m0/s1. The number of rotatable bonds is 2. The Morgan fingerprint density at radius 1 is 1.47 bits per heavy atom. The molecular formula is C11H13BrN2O. The van der Waals surface area contributed by atoms with Crippen LogP contribution in [0, 0.1) is 0 Å². The Balaban J connectivity index is 2.04. The molecule has 1 fully saturated rings. The van der Waals surface area contributed by atoms with E-state index in [4.69, 9.17) is 0 Å². The van der Waals surface area contributed by atoms with Gasteiger partial charge in [0.15, 0.2) is 0 Å². The van der Waals surface area contributed by atoms with E-state index in [1.165, 1.54) is 0 Å². The van der Waals surface area contributed by atoms with Gasteiger partial charge in [-0.3, -0.25) is 4.79 Å². The van der Waals surface area contributed by atoms with Crippen LogP contribution >= 0.6 is 15.9 Å². The Bertz CT molecular complexity index is 361. The zero-order valence-electron chi connectivity index (χ0n) is 8.29. The monoisotopic (exact) mass is 268 g/mol. The maximum absolute atomic E-state index is 11.9. The van der Waals surface area contributed by atoms with Crippen molar-refractivity contribution >= 4 is 21.8 Å². The average Bonchev–Trinajstić information content (AvgIpc) is 2.71. The van der Waals surface area contributed by atoms with Crippen molar-refractivity contribution in [1.82, 2.24) is 10.6 Å². The Hall–Kier alpha value is -0.870. The van der Waals surface area contributed by atoms with Gasteiger partial charge >= 0.3 is 0 Å². The molecule has 15 heavy (non-hydrogen) atoms. The van der Waals surface area contributed by atoms with Crippen LogP contribution in [0.25, 0.3) is 0 Å². The van der Waals surface area contributed by atoms with E-state index in [9.17, 15) is 4.79 Å². The summed E-state index contributed by atoms with van der Waals surface area (Å²) in [5.74, 6) is -0.00354. The third kappa shape index (κ3) is 2.58. The predicted octanol–water partition coefficient (Wildman–Crippen LogP) is 1.54. The molecule has 1 amide bonds. The van der Waals surface area contributed by atoms with E-state index in [0.29, 0.717) is 5.56 Å². The second kappa shape index (κ2) is 4.77. The van der Waals surface area contributed by atoms with Crippen molar-refractivity contribution < 1.29 is 4.79 Å². The van der Waals surface area contributed by atoms with E-state index in [0.717, 1.165) is 24.0 Å². The fourth-order valence-electron chi connectivity index (χ4n) is 1.69. The highest BCUT2D eigenvalue weighted by Gasteiger charge is 2.18. The van der Waals surface area contributed by atoms with Gasteiger partial charge in [-0.05, 0) is 41.0 Å². The zero-order chi connectivity index (χ0) is 10.7. The fraction of sp³-hybridized carbons (Fsp3) is 0.364. The lowest BCUT2D eigenvalue weighted by atomic mass is 10.2. The summed E-state index contributed by atoms with van der Waals surface area (Å²) in [5.41, 5.74) is 0.699. The minimum absolute atomic E-state index is 0.00354. The van der Waals surface area contributed by atoms with Crippen LogP contribution in [-0.4, -0.2) is 25.0 Å². The summed E-state index contributed by atoms with van der Waals surface area (Å²) in [5, 5.41) is 6.22. The topological polar surface area (TPSA) is 41.1 Å². The summed E-state index contributed by atoms with van der Waals surface area (Å²) in [6.45, 7) is 1.86. The lowest BCUT2D eigenvalue weighted by Crippen LogP contribution is -2.36. The third-order valence-electron chi connectivity index (χ3n) is 2.51. The quantitative estimate of drug-likeness (QED) is 0.855. The van der Waals surface area contributed by atoms with Gasteiger partial charge in [-0.15, -0.1) is 0 Å². The molecule has 2 rings (SSSR count). The van der Waals surface area contributed by atoms with E-state index in [2.05, 4.69) is 26.6 Å². The summed E-state index contributed by atoms with van der Waals surface area (Å²) < 4.78 is 0.841. The van der Waals surface area contributed by atoms with Crippen LogP contribution in [0.4, 0.5) is 0 Å². The van der Waals surface area contributed by atoms with E-state index >= 15 is 0 Å². The van der Waals surface area contributed by atoms with Gasteiger partial charge in [-0.1, -0.05) is 12.1 Å². The lowest BCUT2D eigenvalue weighted by Gasteiger charge is -2.11. The molecule has 0 radical (unpaired) electrons. The Labute approximate surface area is 97.4 Å². The number of halogens is 1. The number of amides is 1. The van der Waals surface area contributed by atoms with Crippen molar-refractivity contribution in [2.24, 2.45) is 0 Å². The molecule has 0 spiro atoms. The molecule has 3 nitrogen and oxygen atoms in total. The molecule has 4 heteroatoms. The molecule has 1 aliphatic rings. The Morgan fingerprint density at radius 3 is 2.93 bits per heavy atom. The summed E-state index contributed by atoms with van der Waals surface area (Å²) in [4.78, 5) is 11.9. The molecule has 2 N–H and O–H groups in total. The molecule has 0 saturated carbocycles. The van der Waals surface area contributed by atoms with Crippen LogP contribution in [0.2, 0.25) is 0 Å². The summed E-state index contributed by atoms with van der Waals surface area (Å²) >= 11 is 3.37. The van der Waals surface area contributed by atoms with E-state index < -0.39 is 0 Å². The third-order valence-corrected chi connectivity index (χ3v) is 3.21. The van der Waals surface area contributed by atoms with Gasteiger partial charge in [0.05, 0.1) is 5.56 Å². The molecule has 0 aromatic heterocycles. The van der Waals surface area contributed by atoms with Crippen molar-refractivity contribution in [1.29, 1.82) is 0 Å². The normalized spacial score (nSPS) is 20.2. The van der Waals surface area contributed by atoms with Gasteiger partial charge in [0.25, 0.3) is 5.91 Å². The Morgan fingerprint density at radius 2 is 2.27 bits per heavy atom. The highest BCUT2D eigenvalue weighted by molar-refractivity contribution is 9.10. The first-order chi connectivity index (χ1) is 7.27. The second-order valence-corrected chi connectivity index (χ2v) is 4.50. The molecule has 1 aliphatic heterocycles. The molecule has 1 saturated heterocycles. The van der Waals surface area contributed by atoms with Crippen molar-refractivity contribution in [3.05, 3.63) is 34.3 Å². The first-order valence-electron chi connectivity index (χ1n) is 5.03. The molecule has 1 heterocycles. The highest BCUT2D eigenvalue weighted by atomic mass is 79.9. The van der Waals surface area contributed by atoms with Gasteiger partial charge in [0.1, 0.15) is 0 Å². The van der Waals surface area contributed by atoms with Gasteiger partial charge in [-0.2, -0.15) is 0 Å². The average molecular weight is 269 g/mol. The molecular weight excluding hydrogens is 256 g/mol. The van der Waals surface area contributed by atoms with Gasteiger partial charge < -0.3 is 10.6 Å². The van der Waals surface area contributed by atoms with Crippen LogP contribution in [-0.2, 0) is 0 Å². The minimum Gasteiger partial charge on any atom is -0.348 e. The highest BCUT2D eigenvalue weighted by Crippen LogP contribution is 2.15. The van der Waals surface area contributed by atoms with Crippen molar-refractivity contribution in [2.75, 3.05) is 13.1 Å². The van der Waals surface area contributed by atoms with Crippen LogP contribution in [0.3, 0.4) is 0 Å². The largest absolute Gasteiger partial charge is 0.348 e. The number of hydrogen-bond acceptors (Lipinski definition) is 2. The number of nitrogens with one attached hydrogen (secondary N) is 2. The second-order valence-electron chi connectivity index (χ2n) is 3.64. The van der Waals surface area contributed by atoms with Gasteiger partial charge in [0.2, 0.25) is 0 Å². The molecule has 0 aliphatic carbocycles. The number of carbonyl (C=O) groups excluding carboxylic acids is 1. The number of benzene rings is 1. The van der Waals surface area contributed by atoms with Crippen molar-refractivity contribution in [2.45, 2.75) is 12.5 Å². The number of hydrogen-bond donors (Lipinski definition) is 2. The van der Waals surface area contributed by atoms with Gasteiger partial charge in [0, 0.05) is 17.1 Å². The fourth-order valence-corrected chi connectivity index (χ4v) is 2.15. The molecule has 0 bridgehead atoms. The SMILES string of the molecule is O=C(N[C@H]1CCNC1)c1ccccc1Br. The van der Waals surface area contributed by atoms with Crippen LogP contribution in [0.15, 0.2) is 28.7 Å². The van der Waals surface area contributed by atoms with E-state index in [1.807, 2.05) is 24.3 Å². The molecule has 0 unspecified atom stereocenters. The van der Waals surface area contributed by atoms with Gasteiger partial charge in [-0.25, -0.2) is 0 Å². The van der Waals surface area contributed by atoms with Crippen LogP contribution < -0.4 is 10.6 Å². The Kier molecular flexibility index (Phi) is 3.38. The molecule has 1 aromatic rings. The smallest absolute Gasteiger partial charge is 0.252 e. The predicted molar refractivity (Wildman–Crippen MR) is 62.9 cm³/mol. The molecule has 80 valence electrons. The van der Waals surface area contributed by atoms with E-state index in [-0.39, 0.29) is 11.9 Å². The first-order valence-corrected chi connectivity index (χ1v) is 5.83.